The van der Waals surface area contributed by atoms with Gasteiger partial charge in [-0.3, -0.25) is 5.32 Å². The first-order valence-electron chi connectivity index (χ1n) is 13.6. The summed E-state index contributed by atoms with van der Waals surface area (Å²) in [5.41, 5.74) is 4.97. The van der Waals surface area contributed by atoms with Crippen LogP contribution in [0, 0.1) is 11.3 Å². The van der Waals surface area contributed by atoms with Crippen LogP contribution in [0.1, 0.15) is 49.5 Å². The van der Waals surface area contributed by atoms with Crippen LogP contribution < -0.4 is 10.1 Å². The quantitative estimate of drug-likeness (QED) is 0.261. The molecule has 40 heavy (non-hydrogen) atoms. The number of carbonyl (C=O) groups excluding carboxylic acids is 1. The summed E-state index contributed by atoms with van der Waals surface area (Å²) in [4.78, 5) is 12.5. The molecule has 1 aromatic heterocycles. The minimum absolute atomic E-state index is 0.0784. The van der Waals surface area contributed by atoms with Crippen molar-refractivity contribution < 1.29 is 23.7 Å². The van der Waals surface area contributed by atoms with Gasteiger partial charge >= 0.3 is 6.09 Å². The Kier molecular flexibility index (Phi) is 7.41. The van der Waals surface area contributed by atoms with Crippen LogP contribution in [0.2, 0.25) is 0 Å². The Hall–Kier alpha value is -4.32. The summed E-state index contributed by atoms with van der Waals surface area (Å²) < 4.78 is 24.6. The number of rotatable bonds is 8. The topological polar surface area (TPSA) is 94.7 Å². The zero-order valence-electron chi connectivity index (χ0n) is 22.3. The van der Waals surface area contributed by atoms with Crippen molar-refractivity contribution in [3.05, 3.63) is 83.9 Å². The van der Waals surface area contributed by atoms with Gasteiger partial charge in [-0.05, 0) is 61.6 Å². The van der Waals surface area contributed by atoms with E-state index in [1.54, 1.807) is 0 Å². The minimum Gasteiger partial charge on any atom is -0.491 e. The van der Waals surface area contributed by atoms with Gasteiger partial charge in [-0.15, -0.1) is 0 Å². The van der Waals surface area contributed by atoms with Gasteiger partial charge in [0.25, 0.3) is 0 Å². The maximum atomic E-state index is 12.5. The van der Waals surface area contributed by atoms with Crippen molar-refractivity contribution in [2.24, 2.45) is 0 Å². The monoisotopic (exact) mass is 537 g/mol. The van der Waals surface area contributed by atoms with Crippen molar-refractivity contribution in [3.63, 3.8) is 0 Å². The third kappa shape index (κ3) is 5.26. The number of amides is 1. The summed E-state index contributed by atoms with van der Waals surface area (Å²) >= 11 is 0. The lowest BCUT2D eigenvalue weighted by molar-refractivity contribution is 0.0320. The second kappa shape index (κ2) is 11.4. The van der Waals surface area contributed by atoms with Gasteiger partial charge in [0, 0.05) is 23.2 Å². The van der Waals surface area contributed by atoms with Crippen LogP contribution in [0.5, 0.6) is 5.75 Å². The largest absolute Gasteiger partial charge is 0.491 e. The number of nitrogens with one attached hydrogen (secondary N) is 1. The molecule has 2 atom stereocenters. The molecule has 1 N–H and O–H groups in total. The van der Waals surface area contributed by atoms with Gasteiger partial charge in [0.05, 0.1) is 23.4 Å². The van der Waals surface area contributed by atoms with Crippen LogP contribution in [-0.4, -0.2) is 36.8 Å². The summed E-state index contributed by atoms with van der Waals surface area (Å²) in [6, 6.07) is 25.8. The molecule has 0 radical (unpaired) electrons. The lowest BCUT2D eigenvalue weighted by Crippen LogP contribution is -2.20. The normalized spacial score (nSPS) is 17.6. The lowest BCUT2D eigenvalue weighted by Gasteiger charge is -2.30. The van der Waals surface area contributed by atoms with E-state index in [4.69, 9.17) is 18.9 Å². The minimum atomic E-state index is -0.521. The van der Waals surface area contributed by atoms with Gasteiger partial charge in [0.15, 0.2) is 0 Å². The van der Waals surface area contributed by atoms with Gasteiger partial charge in [-0.25, -0.2) is 4.79 Å². The van der Waals surface area contributed by atoms with Crippen LogP contribution in [0.15, 0.2) is 72.8 Å². The summed E-state index contributed by atoms with van der Waals surface area (Å²) in [7, 11) is 0. The molecule has 0 spiro atoms. The standard InChI is InChI=1S/C32H31N3O5/c1-21(22-6-3-2-4-7-22)40-32(36)34-24-12-10-23(11-13-24)31-29(17-33)28-15-14-26(38-19-27-18-37-20-39-27)16-30(28)35(31)25-8-5-9-25/h2-4,6-7,10-16,21,25,27H,5,8-9,18-20H2,1H3,(H,34,36). The Morgan fingerprint density at radius 2 is 1.93 bits per heavy atom. The van der Waals surface area contributed by atoms with Gasteiger partial charge in [-0.2, -0.15) is 5.26 Å². The smallest absolute Gasteiger partial charge is 0.412 e. The van der Waals surface area contributed by atoms with E-state index in [1.165, 1.54) is 0 Å². The third-order valence-electron chi connectivity index (χ3n) is 7.61. The number of fused-ring (bicyclic) bond motifs is 1. The summed E-state index contributed by atoms with van der Waals surface area (Å²) in [6.45, 7) is 3.08. The molecule has 2 aliphatic rings. The van der Waals surface area contributed by atoms with Crippen molar-refractivity contribution in [2.45, 2.75) is 44.4 Å². The van der Waals surface area contributed by atoms with E-state index in [0.29, 0.717) is 37.3 Å². The molecule has 204 valence electrons. The molecular weight excluding hydrogens is 506 g/mol. The number of nitrogens with zero attached hydrogens (tertiary/aromatic N) is 2. The number of hydrogen-bond acceptors (Lipinski definition) is 6. The maximum absolute atomic E-state index is 12.5. The van der Waals surface area contributed by atoms with Crippen LogP contribution in [-0.2, 0) is 14.2 Å². The number of hydrogen-bond donors (Lipinski definition) is 1. The maximum Gasteiger partial charge on any atom is 0.412 e. The summed E-state index contributed by atoms with van der Waals surface area (Å²) in [5.74, 6) is 0.736. The highest BCUT2D eigenvalue weighted by Crippen LogP contribution is 2.43. The Balaban J connectivity index is 1.25. The van der Waals surface area contributed by atoms with E-state index in [-0.39, 0.29) is 12.2 Å². The average Bonchev–Trinajstić information content (AvgIpc) is 3.58. The predicted octanol–water partition coefficient (Wildman–Crippen LogP) is 6.97. The third-order valence-corrected chi connectivity index (χ3v) is 7.61. The number of aromatic nitrogens is 1. The number of nitriles is 1. The van der Waals surface area contributed by atoms with Gasteiger partial charge < -0.3 is 23.5 Å². The Morgan fingerprint density at radius 3 is 2.60 bits per heavy atom. The molecule has 1 aliphatic heterocycles. The summed E-state index contributed by atoms with van der Waals surface area (Å²) in [6.07, 6.45) is 2.31. The van der Waals surface area contributed by atoms with E-state index in [9.17, 15) is 10.1 Å². The van der Waals surface area contributed by atoms with E-state index >= 15 is 0 Å². The van der Waals surface area contributed by atoms with E-state index in [1.807, 2.05) is 79.7 Å². The zero-order valence-corrected chi connectivity index (χ0v) is 22.3. The Bertz CT molecular complexity index is 1530. The molecular formula is C32H31N3O5. The first-order chi connectivity index (χ1) is 19.6. The number of ether oxygens (including phenoxy) is 4. The van der Waals surface area contributed by atoms with Crippen molar-refractivity contribution in [1.29, 1.82) is 5.26 Å². The fraction of sp³-hybridized carbons (Fsp3) is 0.312. The molecule has 4 aromatic rings. The second-order valence-corrected chi connectivity index (χ2v) is 10.2. The second-order valence-electron chi connectivity index (χ2n) is 10.2. The molecule has 1 saturated heterocycles. The molecule has 2 heterocycles. The van der Waals surface area contributed by atoms with Crippen molar-refractivity contribution >= 4 is 22.7 Å². The number of benzene rings is 3. The molecule has 6 rings (SSSR count). The van der Waals surface area contributed by atoms with Crippen molar-refractivity contribution in [3.8, 4) is 23.1 Å². The first kappa shape index (κ1) is 25.9. The molecule has 1 saturated carbocycles. The van der Waals surface area contributed by atoms with Gasteiger partial charge in [0.2, 0.25) is 0 Å². The summed E-state index contributed by atoms with van der Waals surface area (Å²) in [5, 5.41) is 13.9. The highest BCUT2D eigenvalue weighted by atomic mass is 16.7. The molecule has 3 aromatic carbocycles. The van der Waals surface area contributed by atoms with Gasteiger partial charge in [-0.1, -0.05) is 42.5 Å². The Morgan fingerprint density at radius 1 is 1.12 bits per heavy atom. The molecule has 2 unspecified atom stereocenters. The van der Waals surface area contributed by atoms with Crippen LogP contribution >= 0.6 is 0 Å². The highest BCUT2D eigenvalue weighted by molar-refractivity contribution is 5.96. The zero-order chi connectivity index (χ0) is 27.5. The lowest BCUT2D eigenvalue weighted by atomic mass is 9.92. The van der Waals surface area contributed by atoms with E-state index < -0.39 is 6.09 Å². The fourth-order valence-corrected chi connectivity index (χ4v) is 5.27. The molecule has 0 bridgehead atoms. The van der Waals surface area contributed by atoms with Crippen molar-refractivity contribution in [2.75, 3.05) is 25.3 Å². The number of carbonyl (C=O) groups is 1. The average molecular weight is 538 g/mol. The molecule has 2 fully saturated rings. The number of anilines is 1. The predicted molar refractivity (Wildman–Crippen MR) is 151 cm³/mol. The van der Waals surface area contributed by atoms with Crippen LogP contribution in [0.25, 0.3) is 22.2 Å². The molecule has 1 amide bonds. The van der Waals surface area contributed by atoms with Crippen LogP contribution in [0.4, 0.5) is 10.5 Å². The Labute approximate surface area is 233 Å². The van der Waals surface area contributed by atoms with Gasteiger partial charge in [0.1, 0.15) is 37.4 Å². The molecule has 1 aliphatic carbocycles. The van der Waals surface area contributed by atoms with E-state index in [2.05, 4.69) is 16.0 Å². The fourth-order valence-electron chi connectivity index (χ4n) is 5.27. The van der Waals surface area contributed by atoms with Crippen LogP contribution in [0.3, 0.4) is 0 Å². The SMILES string of the molecule is CC(OC(=O)Nc1ccc(-c2c(C#N)c3ccc(OCC4COCO4)cc3n2C2CCC2)cc1)c1ccccc1. The highest BCUT2D eigenvalue weighted by Gasteiger charge is 2.28. The van der Waals surface area contributed by atoms with Crippen molar-refractivity contribution in [1.82, 2.24) is 4.57 Å². The molecule has 8 heteroatoms. The molecule has 8 nitrogen and oxygen atoms in total. The van der Waals surface area contributed by atoms with E-state index in [0.717, 1.165) is 52.7 Å². The first-order valence-corrected chi connectivity index (χ1v) is 13.6.